The van der Waals surface area contributed by atoms with Crippen LogP contribution in [-0.2, 0) is 19.4 Å². The SMILES string of the molecule is CCn1cc(CC(Cc2ccccc2C)NC)cn1. The maximum atomic E-state index is 4.34. The maximum Gasteiger partial charge on any atom is 0.0522 e. The van der Waals surface area contributed by atoms with E-state index in [1.807, 2.05) is 17.9 Å². The first-order valence-corrected chi connectivity index (χ1v) is 6.96. The Hall–Kier alpha value is -1.61. The smallest absolute Gasteiger partial charge is 0.0522 e. The lowest BCUT2D eigenvalue weighted by Crippen LogP contribution is -2.30. The van der Waals surface area contributed by atoms with Crippen LogP contribution in [0.15, 0.2) is 36.7 Å². The van der Waals surface area contributed by atoms with Crippen molar-refractivity contribution in [2.45, 2.75) is 39.3 Å². The lowest BCUT2D eigenvalue weighted by molar-refractivity contribution is 0.554. The number of nitrogens with zero attached hydrogens (tertiary/aromatic N) is 2. The quantitative estimate of drug-likeness (QED) is 0.862. The average molecular weight is 257 g/mol. The molecule has 0 saturated carbocycles. The molecular formula is C16H23N3. The van der Waals surface area contributed by atoms with Crippen LogP contribution in [0.5, 0.6) is 0 Å². The zero-order valence-corrected chi connectivity index (χ0v) is 12.1. The van der Waals surface area contributed by atoms with Crippen LogP contribution in [0, 0.1) is 6.92 Å². The van der Waals surface area contributed by atoms with Crippen LogP contribution in [-0.4, -0.2) is 22.9 Å². The van der Waals surface area contributed by atoms with Gasteiger partial charge in [0, 0.05) is 18.8 Å². The van der Waals surface area contributed by atoms with Gasteiger partial charge in [0.2, 0.25) is 0 Å². The summed E-state index contributed by atoms with van der Waals surface area (Å²) in [6, 6.07) is 9.06. The van der Waals surface area contributed by atoms with Gasteiger partial charge in [-0.3, -0.25) is 4.68 Å². The van der Waals surface area contributed by atoms with Crippen molar-refractivity contribution in [3.05, 3.63) is 53.3 Å². The van der Waals surface area contributed by atoms with Gasteiger partial charge in [-0.05, 0) is 50.4 Å². The Morgan fingerprint density at radius 2 is 2.05 bits per heavy atom. The largest absolute Gasteiger partial charge is 0.316 e. The molecule has 0 aliphatic rings. The summed E-state index contributed by atoms with van der Waals surface area (Å²) in [5.74, 6) is 0. The molecular weight excluding hydrogens is 234 g/mol. The molecule has 0 amide bonds. The van der Waals surface area contributed by atoms with Crippen molar-refractivity contribution >= 4 is 0 Å². The van der Waals surface area contributed by atoms with Gasteiger partial charge in [-0.1, -0.05) is 24.3 Å². The van der Waals surface area contributed by atoms with Crippen LogP contribution < -0.4 is 5.32 Å². The molecule has 0 aliphatic heterocycles. The summed E-state index contributed by atoms with van der Waals surface area (Å²) >= 11 is 0. The molecule has 2 rings (SSSR count). The van der Waals surface area contributed by atoms with E-state index in [0.717, 1.165) is 19.4 Å². The Kier molecular flexibility index (Phi) is 4.74. The van der Waals surface area contributed by atoms with Crippen LogP contribution in [0.3, 0.4) is 0 Å². The summed E-state index contributed by atoms with van der Waals surface area (Å²) in [5.41, 5.74) is 4.09. The fourth-order valence-electron chi connectivity index (χ4n) is 2.35. The number of aryl methyl sites for hydroxylation is 2. The molecule has 0 bridgehead atoms. The standard InChI is InChI=1S/C16H23N3/c1-4-19-12-14(11-18-19)9-16(17-3)10-15-8-6-5-7-13(15)2/h5-8,11-12,16-17H,4,9-10H2,1-3H3. The van der Waals surface area contributed by atoms with Crippen molar-refractivity contribution in [2.75, 3.05) is 7.05 Å². The van der Waals surface area contributed by atoms with Gasteiger partial charge in [0.25, 0.3) is 0 Å². The van der Waals surface area contributed by atoms with Gasteiger partial charge in [0.15, 0.2) is 0 Å². The molecule has 1 unspecified atom stereocenters. The van der Waals surface area contributed by atoms with Gasteiger partial charge in [-0.2, -0.15) is 5.10 Å². The van der Waals surface area contributed by atoms with E-state index in [4.69, 9.17) is 0 Å². The normalized spacial score (nSPS) is 12.6. The molecule has 0 spiro atoms. The van der Waals surface area contributed by atoms with Crippen LogP contribution in [0.25, 0.3) is 0 Å². The molecule has 102 valence electrons. The number of nitrogens with one attached hydrogen (secondary N) is 1. The third-order valence-electron chi connectivity index (χ3n) is 3.63. The van der Waals surface area contributed by atoms with Crippen molar-refractivity contribution in [1.29, 1.82) is 0 Å². The van der Waals surface area contributed by atoms with Gasteiger partial charge in [-0.15, -0.1) is 0 Å². The van der Waals surface area contributed by atoms with E-state index in [9.17, 15) is 0 Å². The highest BCUT2D eigenvalue weighted by molar-refractivity contribution is 5.26. The third-order valence-corrected chi connectivity index (χ3v) is 3.63. The number of hydrogen-bond acceptors (Lipinski definition) is 2. The second-order valence-corrected chi connectivity index (χ2v) is 5.02. The summed E-state index contributed by atoms with van der Waals surface area (Å²) in [6.07, 6.45) is 6.19. The highest BCUT2D eigenvalue weighted by Crippen LogP contribution is 2.12. The molecule has 0 radical (unpaired) electrons. The van der Waals surface area contributed by atoms with Gasteiger partial charge in [0.05, 0.1) is 6.20 Å². The highest BCUT2D eigenvalue weighted by Gasteiger charge is 2.11. The van der Waals surface area contributed by atoms with Gasteiger partial charge >= 0.3 is 0 Å². The Morgan fingerprint density at radius 1 is 1.26 bits per heavy atom. The molecule has 19 heavy (non-hydrogen) atoms. The summed E-state index contributed by atoms with van der Waals surface area (Å²) in [6.45, 7) is 5.22. The van der Waals surface area contributed by atoms with E-state index < -0.39 is 0 Å². The van der Waals surface area contributed by atoms with E-state index in [-0.39, 0.29) is 0 Å². The molecule has 1 atom stereocenters. The molecule has 0 saturated heterocycles. The van der Waals surface area contributed by atoms with Gasteiger partial charge in [0.1, 0.15) is 0 Å². The summed E-state index contributed by atoms with van der Waals surface area (Å²) in [5, 5.41) is 7.75. The van der Waals surface area contributed by atoms with Crippen molar-refractivity contribution in [3.63, 3.8) is 0 Å². The minimum absolute atomic E-state index is 0.454. The van der Waals surface area contributed by atoms with E-state index in [0.29, 0.717) is 6.04 Å². The first-order valence-electron chi connectivity index (χ1n) is 6.96. The molecule has 3 nitrogen and oxygen atoms in total. The fraction of sp³-hybridized carbons (Fsp3) is 0.438. The lowest BCUT2D eigenvalue weighted by atomic mass is 9.98. The first kappa shape index (κ1) is 13.8. The van der Waals surface area contributed by atoms with Gasteiger partial charge in [-0.25, -0.2) is 0 Å². The Balaban J connectivity index is 2.02. The van der Waals surface area contributed by atoms with Crippen molar-refractivity contribution < 1.29 is 0 Å². The molecule has 0 aliphatic carbocycles. The molecule has 1 aromatic heterocycles. The maximum absolute atomic E-state index is 4.34. The van der Waals surface area contributed by atoms with E-state index in [1.54, 1.807) is 0 Å². The van der Waals surface area contributed by atoms with Crippen molar-refractivity contribution in [1.82, 2.24) is 15.1 Å². The van der Waals surface area contributed by atoms with Crippen molar-refractivity contribution in [3.8, 4) is 0 Å². The van der Waals surface area contributed by atoms with Crippen LogP contribution in [0.4, 0.5) is 0 Å². The third kappa shape index (κ3) is 3.67. The summed E-state index contributed by atoms with van der Waals surface area (Å²) in [7, 11) is 2.03. The molecule has 1 aromatic carbocycles. The average Bonchev–Trinajstić information content (AvgIpc) is 2.88. The molecule has 3 heteroatoms. The van der Waals surface area contributed by atoms with Crippen LogP contribution >= 0.6 is 0 Å². The second kappa shape index (κ2) is 6.53. The predicted octanol–water partition coefficient (Wildman–Crippen LogP) is 2.58. The number of benzene rings is 1. The summed E-state index contributed by atoms with van der Waals surface area (Å²) in [4.78, 5) is 0. The van der Waals surface area contributed by atoms with E-state index in [1.165, 1.54) is 16.7 Å². The topological polar surface area (TPSA) is 29.9 Å². The van der Waals surface area contributed by atoms with Crippen LogP contribution in [0.2, 0.25) is 0 Å². The minimum atomic E-state index is 0.454. The number of likely N-dealkylation sites (N-methyl/N-ethyl adjacent to an activating group) is 1. The Morgan fingerprint density at radius 3 is 2.68 bits per heavy atom. The number of hydrogen-bond donors (Lipinski definition) is 1. The zero-order valence-electron chi connectivity index (χ0n) is 12.1. The monoisotopic (exact) mass is 257 g/mol. The Labute approximate surface area is 115 Å². The predicted molar refractivity (Wildman–Crippen MR) is 79.3 cm³/mol. The van der Waals surface area contributed by atoms with Crippen LogP contribution in [0.1, 0.15) is 23.6 Å². The van der Waals surface area contributed by atoms with E-state index >= 15 is 0 Å². The zero-order chi connectivity index (χ0) is 13.7. The second-order valence-electron chi connectivity index (χ2n) is 5.02. The lowest BCUT2D eigenvalue weighted by Gasteiger charge is -2.16. The summed E-state index contributed by atoms with van der Waals surface area (Å²) < 4.78 is 1.98. The Bertz CT molecular complexity index is 516. The fourth-order valence-corrected chi connectivity index (χ4v) is 2.35. The van der Waals surface area contributed by atoms with Crippen molar-refractivity contribution in [2.24, 2.45) is 0 Å². The van der Waals surface area contributed by atoms with E-state index in [2.05, 4.69) is 54.7 Å². The number of aromatic nitrogens is 2. The highest BCUT2D eigenvalue weighted by atomic mass is 15.3. The molecule has 1 heterocycles. The number of rotatable bonds is 6. The first-order chi connectivity index (χ1) is 9.22. The molecule has 2 aromatic rings. The molecule has 0 fully saturated rings. The molecule has 1 N–H and O–H groups in total. The van der Waals surface area contributed by atoms with Gasteiger partial charge < -0.3 is 5.32 Å². The minimum Gasteiger partial charge on any atom is -0.316 e.